The van der Waals surface area contributed by atoms with Gasteiger partial charge in [-0.25, -0.2) is 9.18 Å². The van der Waals surface area contributed by atoms with Crippen molar-refractivity contribution in [1.29, 1.82) is 0 Å². The van der Waals surface area contributed by atoms with E-state index in [1.165, 1.54) is 18.2 Å². The molecule has 3 rings (SSSR count). The van der Waals surface area contributed by atoms with Gasteiger partial charge in [0.05, 0.1) is 13.2 Å². The third kappa shape index (κ3) is 6.27. The molecule has 3 aromatic carbocycles. The molecular weight excluding hydrogens is 397 g/mol. The molecule has 0 heterocycles. The maximum absolute atomic E-state index is 13.6. The van der Waals surface area contributed by atoms with Crippen LogP contribution in [0.4, 0.5) is 4.39 Å². The number of nitrogens with one attached hydrogen (secondary N) is 1. The molecule has 31 heavy (non-hydrogen) atoms. The maximum Gasteiger partial charge on any atom is 0.331 e. The van der Waals surface area contributed by atoms with Gasteiger partial charge in [-0.15, -0.1) is 0 Å². The second-order valence-corrected chi connectivity index (χ2v) is 6.65. The molecule has 0 spiro atoms. The van der Waals surface area contributed by atoms with Crippen LogP contribution in [0.1, 0.15) is 22.7 Å². The molecule has 6 heteroatoms. The average Bonchev–Trinajstić information content (AvgIpc) is 2.81. The monoisotopic (exact) mass is 419 g/mol. The van der Waals surface area contributed by atoms with Gasteiger partial charge in [0.15, 0.2) is 6.61 Å². The first-order valence-corrected chi connectivity index (χ1v) is 9.64. The van der Waals surface area contributed by atoms with Gasteiger partial charge in [0.2, 0.25) is 0 Å². The van der Waals surface area contributed by atoms with Crippen LogP contribution in [0.2, 0.25) is 0 Å². The van der Waals surface area contributed by atoms with Crippen molar-refractivity contribution < 1.29 is 23.5 Å². The highest BCUT2D eigenvalue weighted by Crippen LogP contribution is 2.24. The second kappa shape index (κ2) is 10.7. The maximum atomic E-state index is 13.6. The van der Waals surface area contributed by atoms with Crippen LogP contribution in [0.5, 0.6) is 5.75 Å². The molecule has 0 aliphatic carbocycles. The van der Waals surface area contributed by atoms with Gasteiger partial charge in [-0.1, -0.05) is 60.7 Å². The smallest absolute Gasteiger partial charge is 0.331 e. The lowest BCUT2D eigenvalue weighted by atomic mass is 9.98. The van der Waals surface area contributed by atoms with E-state index in [4.69, 9.17) is 9.47 Å². The lowest BCUT2D eigenvalue weighted by molar-refractivity contribution is -0.143. The quantitative estimate of drug-likeness (QED) is 0.437. The van der Waals surface area contributed by atoms with Crippen molar-refractivity contribution in [3.63, 3.8) is 0 Å². The van der Waals surface area contributed by atoms with Crippen molar-refractivity contribution in [3.05, 3.63) is 107 Å². The zero-order chi connectivity index (χ0) is 22.1. The molecule has 158 valence electrons. The van der Waals surface area contributed by atoms with Crippen LogP contribution in [0.15, 0.2) is 84.9 Å². The predicted molar refractivity (Wildman–Crippen MR) is 116 cm³/mol. The normalized spacial score (nSPS) is 11.7. The predicted octanol–water partition coefficient (Wildman–Crippen LogP) is 4.30. The number of amides is 1. The van der Waals surface area contributed by atoms with E-state index in [2.05, 4.69) is 5.32 Å². The molecule has 1 amide bonds. The number of hydrogen-bond donors (Lipinski definition) is 1. The summed E-state index contributed by atoms with van der Waals surface area (Å²) in [6.07, 6.45) is 2.39. The van der Waals surface area contributed by atoms with Crippen molar-refractivity contribution in [3.8, 4) is 5.75 Å². The molecule has 1 N–H and O–H groups in total. The van der Waals surface area contributed by atoms with E-state index in [0.29, 0.717) is 5.75 Å². The Labute approximate surface area is 180 Å². The number of rotatable bonds is 8. The van der Waals surface area contributed by atoms with Gasteiger partial charge in [0, 0.05) is 11.6 Å². The van der Waals surface area contributed by atoms with Crippen LogP contribution in [0.25, 0.3) is 6.08 Å². The van der Waals surface area contributed by atoms with Crippen molar-refractivity contribution in [1.82, 2.24) is 5.32 Å². The van der Waals surface area contributed by atoms with Crippen LogP contribution in [0.3, 0.4) is 0 Å². The summed E-state index contributed by atoms with van der Waals surface area (Å²) in [6, 6.07) is 22.4. The van der Waals surface area contributed by atoms with Gasteiger partial charge in [0.1, 0.15) is 11.6 Å². The van der Waals surface area contributed by atoms with E-state index in [1.54, 1.807) is 19.2 Å². The summed E-state index contributed by atoms with van der Waals surface area (Å²) in [7, 11) is 1.58. The minimum absolute atomic E-state index is 0.257. The topological polar surface area (TPSA) is 64.6 Å². The number of carbonyl (C=O) groups is 2. The van der Waals surface area contributed by atoms with Gasteiger partial charge in [-0.3, -0.25) is 4.79 Å². The fourth-order valence-corrected chi connectivity index (χ4v) is 2.96. The molecule has 0 radical (unpaired) electrons. The molecule has 0 bridgehead atoms. The number of esters is 1. The Kier molecular flexibility index (Phi) is 7.54. The molecule has 0 unspecified atom stereocenters. The molecular formula is C25H22FNO4. The standard InChI is InChI=1S/C25H22FNO4/c1-30-21-14-11-20(12-15-21)25(19-8-3-2-4-9-19)27-23(28)17-31-24(29)16-13-18-7-5-6-10-22(18)26/h2-16,25H,17H2,1H3,(H,27,28)/b16-13+/t25-/m1/s1. The molecule has 0 fully saturated rings. The first-order valence-electron chi connectivity index (χ1n) is 9.64. The van der Waals surface area contributed by atoms with Gasteiger partial charge in [-0.05, 0) is 35.4 Å². The Balaban J connectivity index is 1.63. The van der Waals surface area contributed by atoms with Crippen LogP contribution >= 0.6 is 0 Å². The van der Waals surface area contributed by atoms with Crippen molar-refractivity contribution in [2.45, 2.75) is 6.04 Å². The van der Waals surface area contributed by atoms with E-state index < -0.39 is 30.3 Å². The van der Waals surface area contributed by atoms with Crippen LogP contribution in [0, 0.1) is 5.82 Å². The number of ether oxygens (including phenoxy) is 2. The summed E-state index contributed by atoms with van der Waals surface area (Å²) >= 11 is 0. The SMILES string of the molecule is COc1ccc([C@H](NC(=O)COC(=O)/C=C/c2ccccc2F)c2ccccc2)cc1. The number of benzene rings is 3. The Morgan fingerprint density at radius 3 is 2.26 bits per heavy atom. The average molecular weight is 419 g/mol. The fourth-order valence-electron chi connectivity index (χ4n) is 2.96. The third-order valence-electron chi connectivity index (χ3n) is 4.54. The van der Waals surface area contributed by atoms with Gasteiger partial charge in [0.25, 0.3) is 5.91 Å². The molecule has 0 saturated carbocycles. The Bertz CT molecular complexity index is 1050. The van der Waals surface area contributed by atoms with Crippen molar-refractivity contribution in [2.75, 3.05) is 13.7 Å². The molecule has 1 atom stereocenters. The molecule has 0 saturated heterocycles. The van der Waals surface area contributed by atoms with Gasteiger partial charge in [-0.2, -0.15) is 0 Å². The van der Waals surface area contributed by atoms with Crippen LogP contribution in [-0.2, 0) is 14.3 Å². The van der Waals surface area contributed by atoms with E-state index in [1.807, 2.05) is 54.6 Å². The van der Waals surface area contributed by atoms with Crippen molar-refractivity contribution in [2.24, 2.45) is 0 Å². The molecule has 3 aromatic rings. The summed E-state index contributed by atoms with van der Waals surface area (Å²) < 4.78 is 23.8. The lowest BCUT2D eigenvalue weighted by Crippen LogP contribution is -2.32. The van der Waals surface area contributed by atoms with Crippen LogP contribution in [-0.4, -0.2) is 25.6 Å². The lowest BCUT2D eigenvalue weighted by Gasteiger charge is -2.20. The summed E-state index contributed by atoms with van der Waals surface area (Å²) in [5, 5.41) is 2.88. The highest BCUT2D eigenvalue weighted by Gasteiger charge is 2.17. The molecule has 0 aliphatic rings. The summed E-state index contributed by atoms with van der Waals surface area (Å²) in [5.74, 6) is -0.941. The van der Waals surface area contributed by atoms with E-state index in [0.717, 1.165) is 17.2 Å². The molecule has 5 nitrogen and oxygen atoms in total. The van der Waals surface area contributed by atoms with Crippen LogP contribution < -0.4 is 10.1 Å². The van der Waals surface area contributed by atoms with E-state index in [9.17, 15) is 14.0 Å². The first-order chi connectivity index (χ1) is 15.1. The minimum atomic E-state index is -0.737. The Hall–Kier alpha value is -3.93. The van der Waals surface area contributed by atoms with E-state index in [-0.39, 0.29) is 5.56 Å². The molecule has 0 aromatic heterocycles. The van der Waals surface area contributed by atoms with Gasteiger partial charge >= 0.3 is 5.97 Å². The van der Waals surface area contributed by atoms with Crippen molar-refractivity contribution >= 4 is 18.0 Å². The number of carbonyl (C=O) groups excluding carboxylic acids is 2. The van der Waals surface area contributed by atoms with Gasteiger partial charge < -0.3 is 14.8 Å². The highest BCUT2D eigenvalue weighted by atomic mass is 19.1. The fraction of sp³-hybridized carbons (Fsp3) is 0.120. The summed E-state index contributed by atoms with van der Waals surface area (Å²) in [6.45, 7) is -0.458. The number of hydrogen-bond acceptors (Lipinski definition) is 4. The minimum Gasteiger partial charge on any atom is -0.497 e. The zero-order valence-corrected chi connectivity index (χ0v) is 17.0. The third-order valence-corrected chi connectivity index (χ3v) is 4.54. The Morgan fingerprint density at radius 1 is 0.935 bits per heavy atom. The summed E-state index contributed by atoms with van der Waals surface area (Å²) in [4.78, 5) is 24.4. The zero-order valence-electron chi connectivity index (χ0n) is 17.0. The largest absolute Gasteiger partial charge is 0.497 e. The van der Waals surface area contributed by atoms with E-state index >= 15 is 0 Å². The summed E-state index contributed by atoms with van der Waals surface area (Å²) in [5.41, 5.74) is 1.99. The highest BCUT2D eigenvalue weighted by molar-refractivity contribution is 5.89. The number of halogens is 1. The Morgan fingerprint density at radius 2 is 1.58 bits per heavy atom. The second-order valence-electron chi connectivity index (χ2n) is 6.65. The first kappa shape index (κ1) is 21.8. The number of methoxy groups -OCH3 is 1. The molecule has 0 aliphatic heterocycles.